The Morgan fingerprint density at radius 2 is 2.03 bits per heavy atom. The predicted molar refractivity (Wildman–Crippen MR) is 143 cm³/mol. The van der Waals surface area contributed by atoms with Crippen molar-refractivity contribution in [3.05, 3.63) is 77.6 Å². The Morgan fingerprint density at radius 1 is 1.24 bits per heavy atom. The SMILES string of the molecule is C=C(N[C@H](CN1CCN(c2cccc(C)c2)C(C)C1)C(C)C)c1ccc(C/C(C)=C/C)nc1. The van der Waals surface area contributed by atoms with Crippen LogP contribution in [-0.2, 0) is 6.42 Å². The second kappa shape index (κ2) is 11.5. The maximum Gasteiger partial charge on any atom is 0.0444 e. The number of aryl methyl sites for hydroxylation is 1. The van der Waals surface area contributed by atoms with Gasteiger partial charge in [-0.25, -0.2) is 0 Å². The van der Waals surface area contributed by atoms with E-state index in [2.05, 4.69) is 111 Å². The monoisotopic (exact) mass is 446 g/mol. The molecule has 3 rings (SSSR count). The molecule has 33 heavy (non-hydrogen) atoms. The van der Waals surface area contributed by atoms with Crippen LogP contribution in [0, 0.1) is 12.8 Å². The van der Waals surface area contributed by atoms with E-state index in [9.17, 15) is 0 Å². The second-order valence-electron chi connectivity index (χ2n) is 9.96. The zero-order chi connectivity index (χ0) is 24.0. The minimum atomic E-state index is 0.347. The van der Waals surface area contributed by atoms with Crippen molar-refractivity contribution in [2.75, 3.05) is 31.1 Å². The molecule has 2 atom stereocenters. The zero-order valence-corrected chi connectivity index (χ0v) is 21.4. The number of nitrogens with one attached hydrogen (secondary N) is 1. The number of pyridine rings is 1. The predicted octanol–water partition coefficient (Wildman–Crippen LogP) is 5.69. The Balaban J connectivity index is 1.58. The number of rotatable bonds is 9. The highest BCUT2D eigenvalue weighted by atomic mass is 15.3. The Labute approximate surface area is 201 Å². The lowest BCUT2D eigenvalue weighted by molar-refractivity contribution is 0.195. The van der Waals surface area contributed by atoms with Gasteiger partial charge < -0.3 is 10.2 Å². The number of benzene rings is 1. The molecule has 4 heteroatoms. The molecule has 0 bridgehead atoms. The first-order valence-corrected chi connectivity index (χ1v) is 12.3. The van der Waals surface area contributed by atoms with E-state index >= 15 is 0 Å². The van der Waals surface area contributed by atoms with Crippen LogP contribution in [0.5, 0.6) is 0 Å². The van der Waals surface area contributed by atoms with Crippen molar-refractivity contribution in [1.29, 1.82) is 0 Å². The van der Waals surface area contributed by atoms with E-state index < -0.39 is 0 Å². The first kappa shape index (κ1) is 25.0. The molecule has 0 saturated carbocycles. The maximum absolute atomic E-state index is 4.65. The lowest BCUT2D eigenvalue weighted by atomic mass is 10.0. The molecule has 1 saturated heterocycles. The fraction of sp³-hybridized carbons (Fsp3) is 0.483. The van der Waals surface area contributed by atoms with Crippen LogP contribution in [0.15, 0.2) is 60.8 Å². The number of allylic oxidation sites excluding steroid dienone is 2. The summed E-state index contributed by atoms with van der Waals surface area (Å²) in [4.78, 5) is 9.80. The van der Waals surface area contributed by atoms with Crippen LogP contribution in [0.1, 0.15) is 51.4 Å². The van der Waals surface area contributed by atoms with E-state index in [0.717, 1.165) is 49.6 Å². The van der Waals surface area contributed by atoms with Gasteiger partial charge in [-0.3, -0.25) is 9.88 Å². The van der Waals surface area contributed by atoms with Gasteiger partial charge in [0.15, 0.2) is 0 Å². The summed E-state index contributed by atoms with van der Waals surface area (Å²) in [5.41, 5.74) is 7.13. The number of hydrogen-bond acceptors (Lipinski definition) is 4. The summed E-state index contributed by atoms with van der Waals surface area (Å²) in [6.07, 6.45) is 5.00. The lowest BCUT2D eigenvalue weighted by Gasteiger charge is -2.43. The second-order valence-corrected chi connectivity index (χ2v) is 9.96. The van der Waals surface area contributed by atoms with E-state index in [0.29, 0.717) is 18.0 Å². The Hall–Kier alpha value is -2.59. The molecule has 0 radical (unpaired) electrons. The van der Waals surface area contributed by atoms with Crippen LogP contribution >= 0.6 is 0 Å². The largest absolute Gasteiger partial charge is 0.381 e. The van der Waals surface area contributed by atoms with Crippen molar-refractivity contribution < 1.29 is 0 Å². The molecule has 1 aromatic carbocycles. The van der Waals surface area contributed by atoms with E-state index in [1.807, 2.05) is 6.20 Å². The van der Waals surface area contributed by atoms with E-state index in [4.69, 9.17) is 0 Å². The van der Waals surface area contributed by atoms with Gasteiger partial charge in [-0.2, -0.15) is 0 Å². The van der Waals surface area contributed by atoms with Crippen LogP contribution in [0.3, 0.4) is 0 Å². The normalized spacial score (nSPS) is 18.5. The Bertz CT molecular complexity index is 944. The van der Waals surface area contributed by atoms with Crippen LogP contribution in [0.25, 0.3) is 5.70 Å². The van der Waals surface area contributed by atoms with Gasteiger partial charge >= 0.3 is 0 Å². The van der Waals surface area contributed by atoms with Crippen molar-refractivity contribution in [1.82, 2.24) is 15.2 Å². The number of aromatic nitrogens is 1. The van der Waals surface area contributed by atoms with Gasteiger partial charge in [0.1, 0.15) is 0 Å². The molecular weight excluding hydrogens is 404 g/mol. The van der Waals surface area contributed by atoms with Gasteiger partial charge in [0, 0.05) is 73.5 Å². The van der Waals surface area contributed by atoms with E-state index in [1.165, 1.54) is 16.8 Å². The third kappa shape index (κ3) is 6.94. The molecule has 0 spiro atoms. The third-order valence-electron chi connectivity index (χ3n) is 6.79. The summed E-state index contributed by atoms with van der Waals surface area (Å²) in [5.74, 6) is 0.511. The van der Waals surface area contributed by atoms with Gasteiger partial charge in [-0.15, -0.1) is 0 Å². The van der Waals surface area contributed by atoms with Crippen LogP contribution in [0.2, 0.25) is 0 Å². The standard InChI is InChI=1S/C29H42N4/c1-8-22(4)16-27-13-12-26(18-30-27)25(7)31-29(21(2)3)20-32-14-15-33(24(6)19-32)28-11-9-10-23(5)17-28/h8-13,17-18,21,24,29,31H,7,14-16,19-20H2,1-6H3/b22-8+/t24?,29-/m1/s1. The molecule has 1 aliphatic heterocycles. The van der Waals surface area contributed by atoms with E-state index in [-0.39, 0.29) is 0 Å². The number of hydrogen-bond donors (Lipinski definition) is 1. The summed E-state index contributed by atoms with van der Waals surface area (Å²) in [6, 6.07) is 14.0. The van der Waals surface area contributed by atoms with E-state index in [1.54, 1.807) is 0 Å². The van der Waals surface area contributed by atoms with Gasteiger partial charge in [0.05, 0.1) is 0 Å². The molecule has 0 amide bonds. The van der Waals surface area contributed by atoms with Crippen molar-refractivity contribution in [2.45, 2.75) is 60.0 Å². The molecule has 178 valence electrons. The molecule has 4 nitrogen and oxygen atoms in total. The average molecular weight is 447 g/mol. The van der Waals surface area contributed by atoms with Crippen molar-refractivity contribution in [3.63, 3.8) is 0 Å². The molecule has 2 heterocycles. The van der Waals surface area contributed by atoms with Gasteiger partial charge in [-0.1, -0.05) is 44.2 Å². The maximum atomic E-state index is 4.65. The minimum Gasteiger partial charge on any atom is -0.381 e. The number of nitrogens with zero attached hydrogens (tertiary/aromatic N) is 3. The Kier molecular flexibility index (Phi) is 8.74. The number of piperazine rings is 1. The smallest absolute Gasteiger partial charge is 0.0444 e. The van der Waals surface area contributed by atoms with Crippen LogP contribution in [0.4, 0.5) is 5.69 Å². The van der Waals surface area contributed by atoms with Crippen molar-refractivity contribution in [3.8, 4) is 0 Å². The molecular formula is C29H42N4. The highest BCUT2D eigenvalue weighted by Crippen LogP contribution is 2.22. The molecule has 1 fully saturated rings. The number of anilines is 1. The minimum absolute atomic E-state index is 0.347. The van der Waals surface area contributed by atoms with Crippen molar-refractivity contribution in [2.24, 2.45) is 5.92 Å². The molecule has 1 aliphatic rings. The summed E-state index contributed by atoms with van der Waals surface area (Å²) < 4.78 is 0. The molecule has 1 unspecified atom stereocenters. The van der Waals surface area contributed by atoms with Gasteiger partial charge in [-0.05, 0) is 63.4 Å². The highest BCUT2D eigenvalue weighted by molar-refractivity contribution is 5.61. The van der Waals surface area contributed by atoms with Gasteiger partial charge in [0.25, 0.3) is 0 Å². The lowest BCUT2D eigenvalue weighted by Crippen LogP contribution is -2.55. The van der Waals surface area contributed by atoms with Crippen molar-refractivity contribution >= 4 is 11.4 Å². The first-order chi connectivity index (χ1) is 15.8. The zero-order valence-electron chi connectivity index (χ0n) is 21.4. The van der Waals surface area contributed by atoms with Crippen LogP contribution in [-0.4, -0.2) is 48.1 Å². The van der Waals surface area contributed by atoms with Gasteiger partial charge in [0.2, 0.25) is 0 Å². The fourth-order valence-electron chi connectivity index (χ4n) is 4.49. The molecule has 1 aromatic heterocycles. The topological polar surface area (TPSA) is 31.4 Å². The first-order valence-electron chi connectivity index (χ1n) is 12.3. The summed E-state index contributed by atoms with van der Waals surface area (Å²) in [6.45, 7) is 21.9. The fourth-order valence-corrected chi connectivity index (χ4v) is 4.49. The summed E-state index contributed by atoms with van der Waals surface area (Å²) >= 11 is 0. The summed E-state index contributed by atoms with van der Waals surface area (Å²) in [7, 11) is 0. The average Bonchev–Trinajstić information content (AvgIpc) is 2.79. The highest BCUT2D eigenvalue weighted by Gasteiger charge is 2.27. The molecule has 0 aliphatic carbocycles. The summed E-state index contributed by atoms with van der Waals surface area (Å²) in [5, 5.41) is 3.72. The third-order valence-corrected chi connectivity index (χ3v) is 6.79. The Morgan fingerprint density at radius 3 is 2.64 bits per heavy atom. The molecule has 2 aromatic rings. The molecule has 1 N–H and O–H groups in total. The quantitative estimate of drug-likeness (QED) is 0.501. The van der Waals surface area contributed by atoms with Crippen LogP contribution < -0.4 is 10.2 Å².